The Morgan fingerprint density at radius 2 is 1.74 bits per heavy atom. The van der Waals surface area contributed by atoms with Crippen LogP contribution < -0.4 is 0 Å². The summed E-state index contributed by atoms with van der Waals surface area (Å²) < 4.78 is 52.2. The third-order valence-corrected chi connectivity index (χ3v) is 2.96. The van der Waals surface area contributed by atoms with E-state index in [0.717, 1.165) is 6.07 Å². The Morgan fingerprint density at radius 3 is 2.32 bits per heavy atom. The molecular weight excluding hydrogens is 328 g/mol. The maximum absolute atomic E-state index is 13.9. The van der Waals surface area contributed by atoms with Crippen LogP contribution in [0.15, 0.2) is 40.9 Å². The highest BCUT2D eigenvalue weighted by atomic mass is 79.9. The number of hydrogen-bond acceptors (Lipinski definition) is 1. The first-order valence-electron chi connectivity index (χ1n) is 5.14. The van der Waals surface area contributed by atoms with Crippen molar-refractivity contribution in [1.29, 1.82) is 0 Å². The fourth-order valence-electron chi connectivity index (χ4n) is 1.70. The molecule has 0 radical (unpaired) electrons. The third kappa shape index (κ3) is 2.89. The van der Waals surface area contributed by atoms with E-state index in [1.54, 1.807) is 0 Å². The van der Waals surface area contributed by atoms with E-state index in [0.29, 0.717) is 10.5 Å². The highest BCUT2D eigenvalue weighted by Gasteiger charge is 2.34. The van der Waals surface area contributed by atoms with E-state index < -0.39 is 17.6 Å². The Bertz CT molecular complexity index is 602. The minimum Gasteiger partial charge on any atom is -0.508 e. The largest absolute Gasteiger partial charge is 0.508 e. The first-order chi connectivity index (χ1) is 8.79. The van der Waals surface area contributed by atoms with Crippen molar-refractivity contribution in [1.82, 2.24) is 0 Å². The predicted octanol–water partition coefficient (Wildman–Crippen LogP) is 4.98. The monoisotopic (exact) mass is 334 g/mol. The molecule has 0 fully saturated rings. The number of phenols is 1. The summed E-state index contributed by atoms with van der Waals surface area (Å²) >= 11 is 3.09. The van der Waals surface area contributed by atoms with Gasteiger partial charge in [0.05, 0.1) is 5.56 Å². The fourth-order valence-corrected chi connectivity index (χ4v) is 2.18. The van der Waals surface area contributed by atoms with E-state index in [1.165, 1.54) is 24.3 Å². The van der Waals surface area contributed by atoms with Crippen LogP contribution in [0, 0.1) is 5.82 Å². The standard InChI is InChI=1S/C13H7BrF4O/c14-8-4-7(5-9(19)6-8)10-2-1-3-11(12(10)15)13(16,17)18/h1-6,19H. The molecule has 2 rings (SSSR count). The van der Waals surface area contributed by atoms with Gasteiger partial charge in [-0.3, -0.25) is 0 Å². The summed E-state index contributed by atoms with van der Waals surface area (Å²) in [5, 5.41) is 9.40. The Hall–Kier alpha value is -1.56. The van der Waals surface area contributed by atoms with Gasteiger partial charge in [0.1, 0.15) is 11.6 Å². The molecule has 0 spiro atoms. The van der Waals surface area contributed by atoms with Gasteiger partial charge in [-0.05, 0) is 29.8 Å². The topological polar surface area (TPSA) is 20.2 Å². The Morgan fingerprint density at radius 1 is 1.05 bits per heavy atom. The second kappa shape index (κ2) is 4.85. The quantitative estimate of drug-likeness (QED) is 0.729. The van der Waals surface area contributed by atoms with Crippen LogP contribution >= 0.6 is 15.9 Å². The zero-order chi connectivity index (χ0) is 14.2. The van der Waals surface area contributed by atoms with E-state index in [4.69, 9.17) is 0 Å². The molecule has 19 heavy (non-hydrogen) atoms. The Kier molecular flexibility index (Phi) is 3.54. The van der Waals surface area contributed by atoms with Gasteiger partial charge >= 0.3 is 6.18 Å². The molecule has 0 heterocycles. The highest BCUT2D eigenvalue weighted by molar-refractivity contribution is 9.10. The summed E-state index contributed by atoms with van der Waals surface area (Å²) in [6.07, 6.45) is -4.76. The molecule has 0 aliphatic rings. The van der Waals surface area contributed by atoms with Gasteiger partial charge in [0.2, 0.25) is 0 Å². The second-order valence-electron chi connectivity index (χ2n) is 3.86. The van der Waals surface area contributed by atoms with E-state index in [2.05, 4.69) is 15.9 Å². The maximum Gasteiger partial charge on any atom is 0.419 e. The van der Waals surface area contributed by atoms with Gasteiger partial charge in [-0.1, -0.05) is 28.1 Å². The van der Waals surface area contributed by atoms with Crippen LogP contribution in [0.4, 0.5) is 17.6 Å². The molecule has 2 aromatic carbocycles. The molecule has 0 bridgehead atoms. The lowest BCUT2D eigenvalue weighted by Gasteiger charge is -2.11. The average molecular weight is 335 g/mol. The van der Waals surface area contributed by atoms with Crippen molar-refractivity contribution in [2.75, 3.05) is 0 Å². The Labute approximate surface area is 114 Å². The minimum atomic E-state index is -4.76. The number of rotatable bonds is 1. The maximum atomic E-state index is 13.9. The van der Waals surface area contributed by atoms with Gasteiger partial charge in [0.25, 0.3) is 0 Å². The SMILES string of the molecule is Oc1cc(Br)cc(-c2cccc(C(F)(F)F)c2F)c1. The zero-order valence-electron chi connectivity index (χ0n) is 9.30. The van der Waals surface area contributed by atoms with Crippen molar-refractivity contribution in [2.24, 2.45) is 0 Å². The van der Waals surface area contributed by atoms with E-state index in [9.17, 15) is 22.7 Å². The lowest BCUT2D eigenvalue weighted by atomic mass is 10.0. The van der Waals surface area contributed by atoms with Crippen LogP contribution in [0.2, 0.25) is 0 Å². The minimum absolute atomic E-state index is 0.162. The van der Waals surface area contributed by atoms with E-state index in [-0.39, 0.29) is 16.9 Å². The van der Waals surface area contributed by atoms with Gasteiger partial charge in [0, 0.05) is 10.0 Å². The molecule has 0 atom stereocenters. The molecule has 1 N–H and O–H groups in total. The van der Waals surface area contributed by atoms with Crippen molar-refractivity contribution in [3.05, 3.63) is 52.3 Å². The van der Waals surface area contributed by atoms with Gasteiger partial charge in [-0.15, -0.1) is 0 Å². The summed E-state index contributed by atoms with van der Waals surface area (Å²) in [6.45, 7) is 0. The van der Waals surface area contributed by atoms with Gasteiger partial charge in [-0.25, -0.2) is 4.39 Å². The number of alkyl halides is 3. The lowest BCUT2D eigenvalue weighted by Crippen LogP contribution is -2.08. The number of phenolic OH excluding ortho intramolecular Hbond substituents is 1. The molecule has 0 unspecified atom stereocenters. The molecule has 0 aliphatic carbocycles. The average Bonchev–Trinajstić information content (AvgIpc) is 2.26. The molecule has 0 aromatic heterocycles. The second-order valence-corrected chi connectivity index (χ2v) is 4.78. The predicted molar refractivity (Wildman–Crippen MR) is 66.2 cm³/mol. The molecular formula is C13H7BrF4O. The number of hydrogen-bond donors (Lipinski definition) is 1. The molecule has 6 heteroatoms. The Balaban J connectivity index is 2.63. The summed E-state index contributed by atoms with van der Waals surface area (Å²) in [5.74, 6) is -1.52. The van der Waals surface area contributed by atoms with Crippen LogP contribution in [0.5, 0.6) is 5.75 Å². The molecule has 2 aromatic rings. The lowest BCUT2D eigenvalue weighted by molar-refractivity contribution is -0.139. The van der Waals surface area contributed by atoms with Crippen LogP contribution in [-0.4, -0.2) is 5.11 Å². The molecule has 0 saturated heterocycles. The summed E-state index contributed by atoms with van der Waals surface area (Å²) in [7, 11) is 0. The number of halogens is 5. The fraction of sp³-hybridized carbons (Fsp3) is 0.0769. The van der Waals surface area contributed by atoms with E-state index >= 15 is 0 Å². The summed E-state index contributed by atoms with van der Waals surface area (Å²) in [6, 6.07) is 7.01. The zero-order valence-corrected chi connectivity index (χ0v) is 10.9. The molecule has 0 aliphatic heterocycles. The molecule has 0 amide bonds. The first kappa shape index (κ1) is 13.9. The van der Waals surface area contributed by atoms with Crippen molar-refractivity contribution >= 4 is 15.9 Å². The van der Waals surface area contributed by atoms with Crippen LogP contribution in [0.25, 0.3) is 11.1 Å². The van der Waals surface area contributed by atoms with Gasteiger partial charge in [0.15, 0.2) is 0 Å². The van der Waals surface area contributed by atoms with Gasteiger partial charge < -0.3 is 5.11 Å². The summed E-state index contributed by atoms with van der Waals surface area (Å²) in [4.78, 5) is 0. The number of aromatic hydroxyl groups is 1. The number of benzene rings is 2. The first-order valence-corrected chi connectivity index (χ1v) is 5.94. The summed E-state index contributed by atoms with van der Waals surface area (Å²) in [5.41, 5.74) is -1.38. The normalized spacial score (nSPS) is 11.6. The van der Waals surface area contributed by atoms with Crippen LogP contribution in [0.1, 0.15) is 5.56 Å². The molecule has 100 valence electrons. The highest BCUT2D eigenvalue weighted by Crippen LogP contribution is 2.36. The van der Waals surface area contributed by atoms with Crippen LogP contribution in [-0.2, 0) is 6.18 Å². The van der Waals surface area contributed by atoms with Crippen molar-refractivity contribution in [2.45, 2.75) is 6.18 Å². The van der Waals surface area contributed by atoms with Gasteiger partial charge in [-0.2, -0.15) is 13.2 Å². The van der Waals surface area contributed by atoms with Crippen LogP contribution in [0.3, 0.4) is 0 Å². The van der Waals surface area contributed by atoms with Crippen molar-refractivity contribution < 1.29 is 22.7 Å². The van der Waals surface area contributed by atoms with Crippen molar-refractivity contribution in [3.63, 3.8) is 0 Å². The van der Waals surface area contributed by atoms with Crippen molar-refractivity contribution in [3.8, 4) is 16.9 Å². The third-order valence-electron chi connectivity index (χ3n) is 2.50. The smallest absolute Gasteiger partial charge is 0.419 e. The van der Waals surface area contributed by atoms with E-state index in [1.807, 2.05) is 0 Å². The molecule has 0 saturated carbocycles. The molecule has 1 nitrogen and oxygen atoms in total.